The van der Waals surface area contributed by atoms with Gasteiger partial charge in [-0.3, -0.25) is 4.79 Å². The van der Waals surface area contributed by atoms with E-state index in [1.165, 1.54) is 0 Å². The van der Waals surface area contributed by atoms with Gasteiger partial charge < -0.3 is 15.0 Å². The highest BCUT2D eigenvalue weighted by molar-refractivity contribution is 5.70. The van der Waals surface area contributed by atoms with Crippen LogP contribution in [0.25, 0.3) is 0 Å². The van der Waals surface area contributed by atoms with Gasteiger partial charge in [0, 0.05) is 7.05 Å². The van der Waals surface area contributed by atoms with Gasteiger partial charge in [-0.25, -0.2) is 4.98 Å². The monoisotopic (exact) mass is 237 g/mol. The normalized spacial score (nSPS) is 24.9. The molecule has 17 heavy (non-hydrogen) atoms. The van der Waals surface area contributed by atoms with Crippen LogP contribution in [-0.4, -0.2) is 27.2 Å². The van der Waals surface area contributed by atoms with Gasteiger partial charge in [-0.15, -0.1) is 0 Å². The molecule has 0 aromatic carbocycles. The molecule has 0 radical (unpaired) electrons. The van der Waals surface area contributed by atoms with Crippen molar-refractivity contribution in [2.24, 2.45) is 13.0 Å². The van der Waals surface area contributed by atoms with E-state index < -0.39 is 5.97 Å². The number of hydrogen-bond acceptors (Lipinski definition) is 3. The molecule has 1 saturated heterocycles. The summed E-state index contributed by atoms with van der Waals surface area (Å²) in [5, 5.41) is 12.5. The quantitative estimate of drug-likeness (QED) is 0.810. The van der Waals surface area contributed by atoms with Crippen LogP contribution in [0.15, 0.2) is 0 Å². The van der Waals surface area contributed by atoms with E-state index >= 15 is 0 Å². The fraction of sp³-hybridized carbons (Fsp3) is 0.667. The van der Waals surface area contributed by atoms with E-state index in [2.05, 4.69) is 14.9 Å². The summed E-state index contributed by atoms with van der Waals surface area (Å²) in [5.41, 5.74) is 2.11. The fourth-order valence-electron chi connectivity index (χ4n) is 2.63. The number of aryl methyl sites for hydroxylation is 2. The third kappa shape index (κ3) is 2.20. The fourth-order valence-corrected chi connectivity index (χ4v) is 2.63. The minimum absolute atomic E-state index is 0.107. The summed E-state index contributed by atoms with van der Waals surface area (Å²) < 4.78 is 2.05. The maximum atomic E-state index is 11.1. The first kappa shape index (κ1) is 12.1. The lowest BCUT2D eigenvalue weighted by Gasteiger charge is -2.28. The minimum Gasteiger partial charge on any atom is -0.481 e. The van der Waals surface area contributed by atoms with E-state index in [0.29, 0.717) is 12.8 Å². The van der Waals surface area contributed by atoms with Gasteiger partial charge >= 0.3 is 5.97 Å². The number of imidazole rings is 1. The van der Waals surface area contributed by atoms with Gasteiger partial charge in [0.15, 0.2) is 0 Å². The Kier molecular flexibility index (Phi) is 3.19. The highest BCUT2D eigenvalue weighted by Gasteiger charge is 2.30. The van der Waals surface area contributed by atoms with Gasteiger partial charge in [0.2, 0.25) is 0 Å². The van der Waals surface area contributed by atoms with Crippen molar-refractivity contribution >= 4 is 5.97 Å². The second-order valence-electron chi connectivity index (χ2n) is 4.75. The van der Waals surface area contributed by atoms with Gasteiger partial charge in [0.1, 0.15) is 5.82 Å². The number of carbonyl (C=O) groups is 1. The van der Waals surface area contributed by atoms with Crippen LogP contribution in [0.3, 0.4) is 0 Å². The minimum atomic E-state index is -0.687. The van der Waals surface area contributed by atoms with E-state index in [4.69, 9.17) is 5.11 Å². The van der Waals surface area contributed by atoms with E-state index in [1.807, 2.05) is 20.9 Å². The Bertz CT molecular complexity index is 439. The zero-order chi connectivity index (χ0) is 12.6. The number of carboxylic acids is 1. The number of aromatic nitrogens is 2. The number of piperidine rings is 1. The maximum absolute atomic E-state index is 11.1. The standard InChI is InChI=1S/C12H19N3O2/c1-7-11(15(3)8(2)14-7)10-6-9(12(16)17)4-5-13-10/h9-10,13H,4-6H2,1-3H3,(H,16,17). The molecular weight excluding hydrogens is 218 g/mol. The third-order valence-corrected chi connectivity index (χ3v) is 3.63. The molecule has 94 valence electrons. The Labute approximate surface area is 101 Å². The highest BCUT2D eigenvalue weighted by atomic mass is 16.4. The van der Waals surface area contributed by atoms with Crippen LogP contribution in [0.1, 0.15) is 36.1 Å². The highest BCUT2D eigenvalue weighted by Crippen LogP contribution is 2.29. The molecule has 0 amide bonds. The summed E-state index contributed by atoms with van der Waals surface area (Å²) in [5.74, 6) is 0.0423. The number of nitrogens with zero attached hydrogens (tertiary/aromatic N) is 2. The number of carboxylic acid groups (broad SMARTS) is 1. The SMILES string of the molecule is Cc1nc(C)n(C)c1C1CC(C(=O)O)CCN1. The van der Waals surface area contributed by atoms with Gasteiger partial charge in [-0.2, -0.15) is 0 Å². The summed E-state index contributed by atoms with van der Waals surface area (Å²) in [6.07, 6.45) is 1.36. The van der Waals surface area contributed by atoms with E-state index in [1.54, 1.807) is 0 Å². The average Bonchev–Trinajstić information content (AvgIpc) is 2.53. The summed E-state index contributed by atoms with van der Waals surface area (Å²) >= 11 is 0. The number of hydrogen-bond donors (Lipinski definition) is 2. The second kappa shape index (κ2) is 4.49. The van der Waals surface area contributed by atoms with Crippen molar-refractivity contribution in [3.63, 3.8) is 0 Å². The van der Waals surface area contributed by atoms with Crippen LogP contribution < -0.4 is 5.32 Å². The predicted octanol–water partition coefficient (Wildman–Crippen LogP) is 1.16. The van der Waals surface area contributed by atoms with Crippen molar-refractivity contribution in [3.05, 3.63) is 17.2 Å². The molecule has 1 aliphatic heterocycles. The molecule has 1 aliphatic rings. The van der Waals surface area contributed by atoms with Crippen LogP contribution in [0.5, 0.6) is 0 Å². The lowest BCUT2D eigenvalue weighted by molar-refractivity contribution is -0.143. The van der Waals surface area contributed by atoms with Crippen molar-refractivity contribution in [1.29, 1.82) is 0 Å². The van der Waals surface area contributed by atoms with Gasteiger partial charge in [0.25, 0.3) is 0 Å². The molecule has 2 rings (SSSR count). The molecule has 0 aliphatic carbocycles. The van der Waals surface area contributed by atoms with Crippen LogP contribution >= 0.6 is 0 Å². The Hall–Kier alpha value is -1.36. The molecular formula is C12H19N3O2. The number of aliphatic carboxylic acids is 1. The number of rotatable bonds is 2. The van der Waals surface area contributed by atoms with Crippen LogP contribution in [0.2, 0.25) is 0 Å². The first-order valence-electron chi connectivity index (χ1n) is 5.96. The number of nitrogens with one attached hydrogen (secondary N) is 1. The van der Waals surface area contributed by atoms with Crippen molar-refractivity contribution in [3.8, 4) is 0 Å². The molecule has 0 bridgehead atoms. The van der Waals surface area contributed by atoms with Gasteiger partial charge in [-0.05, 0) is 33.2 Å². The van der Waals surface area contributed by atoms with E-state index in [0.717, 1.165) is 23.8 Å². The van der Waals surface area contributed by atoms with Crippen molar-refractivity contribution in [2.45, 2.75) is 32.7 Å². The molecule has 1 fully saturated rings. The predicted molar refractivity (Wildman–Crippen MR) is 63.8 cm³/mol. The second-order valence-corrected chi connectivity index (χ2v) is 4.75. The molecule has 5 heteroatoms. The Balaban J connectivity index is 2.24. The molecule has 1 aromatic rings. The van der Waals surface area contributed by atoms with Crippen molar-refractivity contribution in [1.82, 2.24) is 14.9 Å². The maximum Gasteiger partial charge on any atom is 0.306 e. The average molecular weight is 237 g/mol. The zero-order valence-electron chi connectivity index (χ0n) is 10.5. The van der Waals surface area contributed by atoms with Gasteiger partial charge in [0.05, 0.1) is 23.3 Å². The molecule has 0 spiro atoms. The van der Waals surface area contributed by atoms with E-state index in [-0.39, 0.29) is 12.0 Å². The lowest BCUT2D eigenvalue weighted by atomic mass is 9.90. The summed E-state index contributed by atoms with van der Waals surface area (Å²) in [7, 11) is 1.98. The van der Waals surface area contributed by atoms with Crippen molar-refractivity contribution < 1.29 is 9.90 Å². The third-order valence-electron chi connectivity index (χ3n) is 3.63. The van der Waals surface area contributed by atoms with Crippen LogP contribution in [-0.2, 0) is 11.8 Å². The van der Waals surface area contributed by atoms with Gasteiger partial charge in [-0.1, -0.05) is 0 Å². The topological polar surface area (TPSA) is 67.2 Å². The molecule has 2 N–H and O–H groups in total. The summed E-state index contributed by atoms with van der Waals surface area (Å²) in [4.78, 5) is 15.5. The molecule has 5 nitrogen and oxygen atoms in total. The zero-order valence-corrected chi connectivity index (χ0v) is 10.5. The Morgan fingerprint density at radius 2 is 2.24 bits per heavy atom. The first-order valence-corrected chi connectivity index (χ1v) is 5.96. The molecule has 2 atom stereocenters. The Morgan fingerprint density at radius 3 is 2.76 bits per heavy atom. The summed E-state index contributed by atoms with van der Waals surface area (Å²) in [6.45, 7) is 4.70. The largest absolute Gasteiger partial charge is 0.481 e. The van der Waals surface area contributed by atoms with Crippen molar-refractivity contribution in [2.75, 3.05) is 6.54 Å². The molecule has 1 aromatic heterocycles. The summed E-state index contributed by atoms with van der Waals surface area (Å²) in [6, 6.07) is 0.107. The Morgan fingerprint density at radius 1 is 1.53 bits per heavy atom. The smallest absolute Gasteiger partial charge is 0.306 e. The van der Waals surface area contributed by atoms with Crippen LogP contribution in [0, 0.1) is 19.8 Å². The van der Waals surface area contributed by atoms with E-state index in [9.17, 15) is 4.79 Å². The van der Waals surface area contributed by atoms with Crippen LogP contribution in [0.4, 0.5) is 0 Å². The first-order chi connectivity index (χ1) is 8.00. The molecule has 2 heterocycles. The molecule has 2 unspecified atom stereocenters. The molecule has 0 saturated carbocycles. The lowest BCUT2D eigenvalue weighted by Crippen LogP contribution is -2.36.